The lowest BCUT2D eigenvalue weighted by atomic mass is 9.82. The molecule has 3 aromatic rings. The maximum atomic E-state index is 13.6. The Morgan fingerprint density at radius 3 is 2.00 bits per heavy atom. The standard InChI is InChI=1S/C25H20N2O4/c28-23(22-16-21(26-31-22)18-10-4-1-5-11-18)27-24(29)30-17-25(27,19-12-6-2-7-13-19)20-14-8-3-9-15-20/h1-15,22H,16-17H2. The highest BCUT2D eigenvalue weighted by Gasteiger charge is 2.55. The second kappa shape index (κ2) is 7.72. The van der Waals surface area contributed by atoms with Gasteiger partial charge in [-0.15, -0.1) is 0 Å². The number of carbonyl (C=O) groups is 2. The number of imide groups is 1. The average Bonchev–Trinajstić information content (AvgIpc) is 3.46. The Hall–Kier alpha value is -3.93. The van der Waals surface area contributed by atoms with E-state index in [1.54, 1.807) is 0 Å². The summed E-state index contributed by atoms with van der Waals surface area (Å²) in [5.74, 6) is -0.468. The van der Waals surface area contributed by atoms with Gasteiger partial charge in [0.05, 0.1) is 5.71 Å². The first-order chi connectivity index (χ1) is 15.2. The fraction of sp³-hybridized carbons (Fsp3) is 0.160. The van der Waals surface area contributed by atoms with Crippen LogP contribution in [-0.4, -0.2) is 35.3 Å². The summed E-state index contributed by atoms with van der Waals surface area (Å²) in [6.45, 7) is 0.0325. The van der Waals surface area contributed by atoms with Gasteiger partial charge < -0.3 is 9.57 Å². The number of ether oxygens (including phenoxy) is 1. The summed E-state index contributed by atoms with van der Waals surface area (Å²) in [7, 11) is 0. The zero-order chi connectivity index (χ0) is 21.3. The number of amides is 2. The van der Waals surface area contributed by atoms with Gasteiger partial charge in [-0.3, -0.25) is 4.79 Å². The predicted molar refractivity (Wildman–Crippen MR) is 114 cm³/mol. The van der Waals surface area contributed by atoms with Gasteiger partial charge in [0.2, 0.25) is 6.10 Å². The molecule has 0 aliphatic carbocycles. The van der Waals surface area contributed by atoms with Crippen LogP contribution < -0.4 is 0 Å². The largest absolute Gasteiger partial charge is 0.446 e. The van der Waals surface area contributed by atoms with Crippen LogP contribution in [0.1, 0.15) is 23.1 Å². The topological polar surface area (TPSA) is 68.2 Å². The second-order valence-corrected chi connectivity index (χ2v) is 7.52. The van der Waals surface area contributed by atoms with Crippen molar-refractivity contribution >= 4 is 17.7 Å². The van der Waals surface area contributed by atoms with Gasteiger partial charge in [0.15, 0.2) is 0 Å². The maximum absolute atomic E-state index is 13.6. The molecule has 2 heterocycles. The number of oxime groups is 1. The third-order valence-corrected chi connectivity index (χ3v) is 5.74. The van der Waals surface area contributed by atoms with E-state index >= 15 is 0 Å². The molecule has 6 nitrogen and oxygen atoms in total. The van der Waals surface area contributed by atoms with Gasteiger partial charge in [0.1, 0.15) is 12.1 Å². The summed E-state index contributed by atoms with van der Waals surface area (Å²) < 4.78 is 5.46. The third kappa shape index (κ3) is 3.17. The quantitative estimate of drug-likeness (QED) is 0.647. The molecule has 2 amide bonds. The lowest BCUT2D eigenvalue weighted by Gasteiger charge is -2.35. The van der Waals surface area contributed by atoms with E-state index in [0.717, 1.165) is 16.7 Å². The SMILES string of the molecule is O=C1OCC(c2ccccc2)(c2ccccc2)N1C(=O)C1CC(c2ccccc2)=NO1. The highest BCUT2D eigenvalue weighted by atomic mass is 16.6. The molecule has 6 heteroatoms. The van der Waals surface area contributed by atoms with E-state index in [-0.39, 0.29) is 13.0 Å². The molecule has 154 valence electrons. The molecule has 2 aliphatic heterocycles. The van der Waals surface area contributed by atoms with E-state index in [2.05, 4.69) is 5.16 Å². The molecule has 2 aliphatic rings. The van der Waals surface area contributed by atoms with Crippen LogP contribution in [-0.2, 0) is 19.9 Å². The number of hydrogen-bond acceptors (Lipinski definition) is 5. The summed E-state index contributed by atoms with van der Waals surface area (Å²) in [6.07, 6.45) is -1.30. The molecule has 1 fully saturated rings. The molecule has 1 unspecified atom stereocenters. The van der Waals surface area contributed by atoms with Crippen molar-refractivity contribution in [3.8, 4) is 0 Å². The van der Waals surface area contributed by atoms with Crippen molar-refractivity contribution in [1.29, 1.82) is 0 Å². The van der Waals surface area contributed by atoms with Crippen molar-refractivity contribution < 1.29 is 19.2 Å². The first-order valence-corrected chi connectivity index (χ1v) is 10.1. The van der Waals surface area contributed by atoms with Gasteiger partial charge in [-0.1, -0.05) is 96.2 Å². The van der Waals surface area contributed by atoms with Crippen molar-refractivity contribution in [2.24, 2.45) is 5.16 Å². The van der Waals surface area contributed by atoms with Crippen molar-refractivity contribution in [2.75, 3.05) is 6.61 Å². The van der Waals surface area contributed by atoms with E-state index in [1.807, 2.05) is 91.0 Å². The van der Waals surface area contributed by atoms with E-state index in [1.165, 1.54) is 4.90 Å². The molecule has 0 saturated carbocycles. The molecular formula is C25H20N2O4. The lowest BCUT2D eigenvalue weighted by molar-refractivity contribution is -0.141. The molecule has 0 N–H and O–H groups in total. The Bertz CT molecular complexity index is 1090. The Morgan fingerprint density at radius 2 is 1.42 bits per heavy atom. The van der Waals surface area contributed by atoms with Gasteiger partial charge >= 0.3 is 6.09 Å². The number of hydrogen-bond donors (Lipinski definition) is 0. The van der Waals surface area contributed by atoms with E-state index in [9.17, 15) is 9.59 Å². The van der Waals surface area contributed by atoms with E-state index in [0.29, 0.717) is 5.71 Å². The van der Waals surface area contributed by atoms with Crippen molar-refractivity contribution in [3.63, 3.8) is 0 Å². The monoisotopic (exact) mass is 412 g/mol. The second-order valence-electron chi connectivity index (χ2n) is 7.52. The van der Waals surface area contributed by atoms with Gasteiger partial charge in [-0.05, 0) is 16.7 Å². The van der Waals surface area contributed by atoms with E-state index in [4.69, 9.17) is 9.57 Å². The van der Waals surface area contributed by atoms with Crippen LogP contribution in [0.3, 0.4) is 0 Å². The minimum absolute atomic E-state index is 0.0325. The minimum Gasteiger partial charge on any atom is -0.446 e. The van der Waals surface area contributed by atoms with Crippen LogP contribution in [0.15, 0.2) is 96.2 Å². The summed E-state index contributed by atoms with van der Waals surface area (Å²) in [5.41, 5.74) is 2.08. The molecule has 0 bridgehead atoms. The molecule has 3 aromatic carbocycles. The third-order valence-electron chi connectivity index (χ3n) is 5.74. The van der Waals surface area contributed by atoms with Crippen LogP contribution in [0.2, 0.25) is 0 Å². The Morgan fingerprint density at radius 1 is 0.871 bits per heavy atom. The van der Waals surface area contributed by atoms with E-state index < -0.39 is 23.6 Å². The first kappa shape index (κ1) is 19.1. The molecule has 0 radical (unpaired) electrons. The minimum atomic E-state index is -1.07. The Balaban J connectivity index is 1.52. The molecule has 0 spiro atoms. The summed E-state index contributed by atoms with van der Waals surface area (Å²) in [5, 5.41) is 4.12. The van der Waals surface area contributed by atoms with Crippen molar-refractivity contribution in [2.45, 2.75) is 18.1 Å². The molecule has 1 atom stereocenters. The molecule has 5 rings (SSSR count). The zero-order valence-electron chi connectivity index (χ0n) is 16.7. The van der Waals surface area contributed by atoms with Gasteiger partial charge in [-0.2, -0.15) is 0 Å². The normalized spacial score (nSPS) is 19.5. The van der Waals surface area contributed by atoms with Gasteiger partial charge in [-0.25, -0.2) is 9.69 Å². The maximum Gasteiger partial charge on any atom is 0.417 e. The van der Waals surface area contributed by atoms with Crippen molar-refractivity contribution in [1.82, 2.24) is 4.90 Å². The summed E-state index contributed by atoms with van der Waals surface area (Å²) in [6, 6.07) is 28.5. The zero-order valence-corrected chi connectivity index (χ0v) is 16.7. The Labute approximate surface area is 179 Å². The highest BCUT2D eigenvalue weighted by Crippen LogP contribution is 2.42. The van der Waals surface area contributed by atoms with Crippen LogP contribution in [0.5, 0.6) is 0 Å². The number of cyclic esters (lactones) is 1. The average molecular weight is 412 g/mol. The van der Waals surface area contributed by atoms with Gasteiger partial charge in [0, 0.05) is 6.42 Å². The molecule has 31 heavy (non-hydrogen) atoms. The number of benzene rings is 3. The summed E-state index contributed by atoms with van der Waals surface area (Å²) in [4.78, 5) is 33.2. The van der Waals surface area contributed by atoms with Crippen LogP contribution in [0, 0.1) is 0 Å². The lowest BCUT2D eigenvalue weighted by Crippen LogP contribution is -2.52. The highest BCUT2D eigenvalue weighted by molar-refractivity contribution is 6.06. The number of carbonyl (C=O) groups excluding carboxylic acids is 2. The number of nitrogens with zero attached hydrogens (tertiary/aromatic N) is 2. The fourth-order valence-corrected chi connectivity index (χ4v) is 4.20. The predicted octanol–water partition coefficient (Wildman–Crippen LogP) is 4.10. The number of rotatable bonds is 4. The molecular weight excluding hydrogens is 392 g/mol. The fourth-order valence-electron chi connectivity index (χ4n) is 4.20. The van der Waals surface area contributed by atoms with Crippen LogP contribution in [0.4, 0.5) is 4.79 Å². The molecule has 1 saturated heterocycles. The van der Waals surface area contributed by atoms with Crippen LogP contribution in [0.25, 0.3) is 0 Å². The molecule has 0 aromatic heterocycles. The smallest absolute Gasteiger partial charge is 0.417 e. The van der Waals surface area contributed by atoms with Crippen LogP contribution >= 0.6 is 0 Å². The Kier molecular flexibility index (Phi) is 4.75. The summed E-state index contributed by atoms with van der Waals surface area (Å²) >= 11 is 0. The van der Waals surface area contributed by atoms with Gasteiger partial charge in [0.25, 0.3) is 5.91 Å². The first-order valence-electron chi connectivity index (χ1n) is 10.1. The van der Waals surface area contributed by atoms with Crippen molar-refractivity contribution in [3.05, 3.63) is 108 Å².